The SMILES string of the molecule is CC(C)C(=O)[C@H](CCCNC(N)=O)NC(=O)[C@@H](NC(=S)NCCCCN1C(=O)CC(C(C)(C)C)C1=O)C(C)C. The van der Waals surface area contributed by atoms with Crippen molar-refractivity contribution in [2.24, 2.45) is 28.9 Å². The van der Waals surface area contributed by atoms with Crippen LogP contribution in [0.2, 0.25) is 0 Å². The van der Waals surface area contributed by atoms with Crippen LogP contribution in [0.1, 0.15) is 80.6 Å². The number of nitrogens with one attached hydrogen (secondary N) is 4. The van der Waals surface area contributed by atoms with Gasteiger partial charge >= 0.3 is 6.03 Å². The summed E-state index contributed by atoms with van der Waals surface area (Å²) in [6.07, 6.45) is 2.44. The number of primary amides is 1. The molecule has 1 fully saturated rings. The van der Waals surface area contributed by atoms with Crippen LogP contribution in [0.5, 0.6) is 0 Å². The Hall–Kier alpha value is -2.76. The summed E-state index contributed by atoms with van der Waals surface area (Å²) in [6, 6.07) is -1.99. The zero-order chi connectivity index (χ0) is 29.9. The Morgan fingerprint density at radius 1 is 1.00 bits per heavy atom. The average Bonchev–Trinajstić information content (AvgIpc) is 3.11. The highest BCUT2D eigenvalue weighted by molar-refractivity contribution is 7.80. The molecule has 0 aliphatic carbocycles. The molecular weight excluding hydrogens is 520 g/mol. The first-order chi connectivity index (χ1) is 18.1. The molecule has 0 saturated carbocycles. The molecule has 12 heteroatoms. The molecule has 6 N–H and O–H groups in total. The first-order valence-corrected chi connectivity index (χ1v) is 14.2. The van der Waals surface area contributed by atoms with Crippen LogP contribution in [-0.2, 0) is 19.2 Å². The lowest BCUT2D eigenvalue weighted by Crippen LogP contribution is -2.55. The molecule has 1 rings (SSSR count). The second-order valence-corrected chi connectivity index (χ2v) is 12.3. The molecule has 1 unspecified atom stereocenters. The summed E-state index contributed by atoms with van der Waals surface area (Å²) in [5.41, 5.74) is 4.84. The molecule has 39 heavy (non-hydrogen) atoms. The molecule has 3 atom stereocenters. The van der Waals surface area contributed by atoms with Crippen molar-refractivity contribution in [3.05, 3.63) is 0 Å². The largest absolute Gasteiger partial charge is 0.363 e. The van der Waals surface area contributed by atoms with Gasteiger partial charge in [0.1, 0.15) is 6.04 Å². The highest BCUT2D eigenvalue weighted by atomic mass is 32.1. The van der Waals surface area contributed by atoms with E-state index in [1.54, 1.807) is 13.8 Å². The second kappa shape index (κ2) is 15.7. The van der Waals surface area contributed by atoms with Crippen molar-refractivity contribution in [3.63, 3.8) is 0 Å². The highest BCUT2D eigenvalue weighted by Crippen LogP contribution is 2.35. The summed E-state index contributed by atoms with van der Waals surface area (Å²) in [4.78, 5) is 63.0. The van der Waals surface area contributed by atoms with Crippen molar-refractivity contribution >= 4 is 46.9 Å². The van der Waals surface area contributed by atoms with E-state index in [2.05, 4.69) is 21.3 Å². The molecule has 1 aliphatic heterocycles. The minimum absolute atomic E-state index is 0.0885. The van der Waals surface area contributed by atoms with E-state index in [9.17, 15) is 24.0 Å². The fraction of sp³-hybridized carbons (Fsp3) is 0.778. The van der Waals surface area contributed by atoms with Gasteiger partial charge in [0.25, 0.3) is 0 Å². The third-order valence-electron chi connectivity index (χ3n) is 6.82. The number of hydrogen-bond donors (Lipinski definition) is 5. The van der Waals surface area contributed by atoms with Crippen molar-refractivity contribution in [2.75, 3.05) is 19.6 Å². The quantitative estimate of drug-likeness (QED) is 0.114. The first-order valence-electron chi connectivity index (χ1n) is 13.8. The van der Waals surface area contributed by atoms with Crippen LogP contribution in [0.25, 0.3) is 0 Å². The number of ketones is 1. The van der Waals surface area contributed by atoms with Crippen LogP contribution in [0.15, 0.2) is 0 Å². The number of thiocarbonyl (C=S) groups is 1. The van der Waals surface area contributed by atoms with Crippen LogP contribution in [0.3, 0.4) is 0 Å². The zero-order valence-electron chi connectivity index (χ0n) is 24.5. The molecule has 0 radical (unpaired) electrons. The topological polar surface area (TPSA) is 163 Å². The van der Waals surface area contributed by atoms with Crippen molar-refractivity contribution in [1.29, 1.82) is 0 Å². The number of rotatable bonds is 15. The van der Waals surface area contributed by atoms with E-state index < -0.39 is 18.1 Å². The van der Waals surface area contributed by atoms with Gasteiger partial charge in [0, 0.05) is 32.0 Å². The first kappa shape index (κ1) is 34.3. The van der Waals surface area contributed by atoms with Gasteiger partial charge in [-0.15, -0.1) is 0 Å². The number of carbonyl (C=O) groups excluding carboxylic acids is 5. The second-order valence-electron chi connectivity index (χ2n) is 11.9. The Morgan fingerprint density at radius 2 is 1.62 bits per heavy atom. The van der Waals surface area contributed by atoms with Crippen molar-refractivity contribution in [2.45, 2.75) is 92.7 Å². The number of hydrogen-bond acceptors (Lipinski definition) is 6. The molecule has 222 valence electrons. The smallest absolute Gasteiger partial charge is 0.312 e. The van der Waals surface area contributed by atoms with Gasteiger partial charge in [-0.3, -0.25) is 24.1 Å². The van der Waals surface area contributed by atoms with E-state index in [4.69, 9.17) is 18.0 Å². The van der Waals surface area contributed by atoms with E-state index >= 15 is 0 Å². The van der Waals surface area contributed by atoms with Crippen molar-refractivity contribution in [3.8, 4) is 0 Å². The lowest BCUT2D eigenvalue weighted by molar-refractivity contribution is -0.140. The van der Waals surface area contributed by atoms with E-state index in [1.807, 2.05) is 34.6 Å². The lowest BCUT2D eigenvalue weighted by Gasteiger charge is -2.27. The number of nitrogens with two attached hydrogens (primary N) is 1. The Balaban J connectivity index is 2.56. The maximum atomic E-state index is 13.1. The summed E-state index contributed by atoms with van der Waals surface area (Å²) in [6.45, 7) is 14.4. The van der Waals surface area contributed by atoms with E-state index in [0.717, 1.165) is 0 Å². The number of amides is 5. The van der Waals surface area contributed by atoms with Crippen molar-refractivity contribution in [1.82, 2.24) is 26.2 Å². The molecule has 0 aromatic heterocycles. The molecule has 0 spiro atoms. The Morgan fingerprint density at radius 3 is 2.13 bits per heavy atom. The summed E-state index contributed by atoms with van der Waals surface area (Å²) < 4.78 is 0. The molecule has 0 aromatic carbocycles. The fourth-order valence-corrected chi connectivity index (χ4v) is 4.61. The highest BCUT2D eigenvalue weighted by Gasteiger charge is 2.44. The predicted molar refractivity (Wildman–Crippen MR) is 154 cm³/mol. The fourth-order valence-electron chi connectivity index (χ4n) is 4.39. The predicted octanol–water partition coefficient (Wildman–Crippen LogP) is 1.83. The monoisotopic (exact) mass is 568 g/mol. The molecular formula is C27H48N6O5S. The normalized spacial score (nSPS) is 17.3. The standard InChI is InChI=1S/C27H48N6O5S/c1-16(2)21(23(36)31-19(22(35)17(3)4)11-10-13-29-25(28)38)32-26(39)30-12-8-9-14-33-20(34)15-18(24(33)37)27(5,6)7/h16-19,21H,8-15H2,1-7H3,(H,31,36)(H3,28,29,38)(H2,30,32,39)/t18?,19-,21-/m0/s1. The van der Waals surface area contributed by atoms with Crippen LogP contribution in [-0.4, -0.2) is 71.3 Å². The molecule has 1 aliphatic rings. The maximum Gasteiger partial charge on any atom is 0.312 e. The summed E-state index contributed by atoms with van der Waals surface area (Å²) in [5.74, 6) is -1.29. The minimum atomic E-state index is -0.689. The molecule has 0 aromatic rings. The molecule has 11 nitrogen and oxygen atoms in total. The number of carbonyl (C=O) groups is 5. The Kier molecular flexibility index (Phi) is 13.8. The Labute approximate surface area is 238 Å². The number of Topliss-reactive ketones (excluding diaryl/α,β-unsaturated/α-hetero) is 1. The minimum Gasteiger partial charge on any atom is -0.363 e. The van der Waals surface area contributed by atoms with E-state index in [-0.39, 0.29) is 53.1 Å². The maximum absolute atomic E-state index is 13.1. The molecule has 0 bridgehead atoms. The van der Waals surface area contributed by atoms with Gasteiger partial charge in [0.2, 0.25) is 17.7 Å². The van der Waals surface area contributed by atoms with Crippen LogP contribution >= 0.6 is 12.2 Å². The summed E-state index contributed by atoms with van der Waals surface area (Å²) >= 11 is 5.40. The van der Waals surface area contributed by atoms with Crippen LogP contribution < -0.4 is 27.0 Å². The van der Waals surface area contributed by atoms with Crippen molar-refractivity contribution < 1.29 is 24.0 Å². The van der Waals surface area contributed by atoms with Gasteiger partial charge in [-0.05, 0) is 49.2 Å². The average molecular weight is 569 g/mol. The van der Waals surface area contributed by atoms with Gasteiger partial charge in [0.15, 0.2) is 10.9 Å². The van der Waals surface area contributed by atoms with Gasteiger partial charge < -0.3 is 27.0 Å². The van der Waals surface area contributed by atoms with Crippen LogP contribution in [0.4, 0.5) is 4.79 Å². The van der Waals surface area contributed by atoms with Gasteiger partial charge in [-0.2, -0.15) is 0 Å². The van der Waals surface area contributed by atoms with E-state index in [1.165, 1.54) is 4.90 Å². The lowest BCUT2D eigenvalue weighted by atomic mass is 9.80. The molecule has 1 saturated heterocycles. The number of imide groups is 1. The van der Waals surface area contributed by atoms with Gasteiger partial charge in [-0.25, -0.2) is 4.79 Å². The molecule has 1 heterocycles. The number of unbranched alkanes of at least 4 members (excludes halogenated alkanes) is 1. The number of likely N-dealkylation sites (tertiary alicyclic amines) is 1. The zero-order valence-corrected chi connectivity index (χ0v) is 25.3. The summed E-state index contributed by atoms with van der Waals surface area (Å²) in [7, 11) is 0. The third kappa shape index (κ3) is 11.5. The summed E-state index contributed by atoms with van der Waals surface area (Å²) in [5, 5.41) is 11.8. The van der Waals surface area contributed by atoms with Gasteiger partial charge in [-0.1, -0.05) is 48.5 Å². The Bertz CT molecular complexity index is 902. The van der Waals surface area contributed by atoms with Gasteiger partial charge in [0.05, 0.1) is 12.0 Å². The molecule has 5 amide bonds. The third-order valence-corrected chi connectivity index (χ3v) is 7.08. The van der Waals surface area contributed by atoms with E-state index in [0.29, 0.717) is 50.4 Å². The number of urea groups is 1. The number of nitrogens with zero attached hydrogens (tertiary/aromatic N) is 1. The van der Waals surface area contributed by atoms with Crippen LogP contribution in [0, 0.1) is 23.2 Å².